The first kappa shape index (κ1) is 15.9. The number of aromatic nitrogens is 3. The van der Waals surface area contributed by atoms with Gasteiger partial charge < -0.3 is 9.30 Å². The monoisotopic (exact) mass is 336 g/mol. The van der Waals surface area contributed by atoms with Gasteiger partial charge in [0.15, 0.2) is 5.03 Å². The van der Waals surface area contributed by atoms with E-state index in [1.807, 2.05) is 19.1 Å². The van der Waals surface area contributed by atoms with Crippen LogP contribution in [0.5, 0.6) is 5.75 Å². The van der Waals surface area contributed by atoms with Crippen LogP contribution in [-0.4, -0.2) is 46.5 Å². The molecule has 0 bridgehead atoms. The Balaban J connectivity index is 1.70. The van der Waals surface area contributed by atoms with Crippen LogP contribution in [0.4, 0.5) is 0 Å². The molecule has 1 fully saturated rings. The first-order chi connectivity index (χ1) is 10.9. The van der Waals surface area contributed by atoms with E-state index in [4.69, 9.17) is 4.74 Å². The SMILES string of the molecule is Cc1ccc(O[C@H]2CCN(S(=O)(=O)c3cn(C)c(C)n3)C2)cn1. The van der Waals surface area contributed by atoms with Crippen molar-refractivity contribution in [2.75, 3.05) is 13.1 Å². The average molecular weight is 336 g/mol. The van der Waals surface area contributed by atoms with Gasteiger partial charge in [0.2, 0.25) is 0 Å². The number of imidazole rings is 1. The summed E-state index contributed by atoms with van der Waals surface area (Å²) in [6.45, 7) is 4.44. The van der Waals surface area contributed by atoms with Crippen molar-refractivity contribution < 1.29 is 13.2 Å². The summed E-state index contributed by atoms with van der Waals surface area (Å²) in [5.74, 6) is 1.33. The Labute approximate surface area is 136 Å². The summed E-state index contributed by atoms with van der Waals surface area (Å²) >= 11 is 0. The predicted molar refractivity (Wildman–Crippen MR) is 84.7 cm³/mol. The predicted octanol–water partition coefficient (Wildman–Crippen LogP) is 1.27. The summed E-state index contributed by atoms with van der Waals surface area (Å²) in [4.78, 5) is 8.31. The Bertz CT molecular complexity index is 779. The molecule has 1 atom stereocenters. The average Bonchev–Trinajstić information content (AvgIpc) is 3.10. The van der Waals surface area contributed by atoms with Gasteiger partial charge in [-0.15, -0.1) is 0 Å². The number of rotatable bonds is 4. The molecule has 1 saturated heterocycles. The Morgan fingerprint density at radius 3 is 2.70 bits per heavy atom. The molecule has 0 radical (unpaired) electrons. The normalized spacial score (nSPS) is 19.2. The van der Waals surface area contributed by atoms with Crippen LogP contribution in [0.3, 0.4) is 0 Å². The molecular formula is C15H20N4O3S. The molecule has 23 heavy (non-hydrogen) atoms. The van der Waals surface area contributed by atoms with Crippen molar-refractivity contribution in [3.8, 4) is 5.75 Å². The van der Waals surface area contributed by atoms with Crippen LogP contribution in [0.2, 0.25) is 0 Å². The molecule has 0 spiro atoms. The molecule has 8 heteroatoms. The molecule has 124 valence electrons. The molecule has 2 aromatic rings. The Kier molecular flexibility index (Phi) is 4.11. The first-order valence-electron chi connectivity index (χ1n) is 7.45. The molecular weight excluding hydrogens is 316 g/mol. The topological polar surface area (TPSA) is 77.3 Å². The first-order valence-corrected chi connectivity index (χ1v) is 8.89. The number of pyridine rings is 1. The third kappa shape index (κ3) is 3.23. The highest BCUT2D eigenvalue weighted by Crippen LogP contribution is 2.23. The van der Waals surface area contributed by atoms with Gasteiger partial charge in [-0.1, -0.05) is 0 Å². The lowest BCUT2D eigenvalue weighted by molar-refractivity contribution is 0.214. The molecule has 0 aliphatic carbocycles. The van der Waals surface area contributed by atoms with E-state index in [0.29, 0.717) is 31.1 Å². The van der Waals surface area contributed by atoms with Crippen LogP contribution in [0.1, 0.15) is 17.9 Å². The van der Waals surface area contributed by atoms with E-state index in [0.717, 1.165) is 5.69 Å². The lowest BCUT2D eigenvalue weighted by atomic mass is 10.3. The minimum Gasteiger partial charge on any atom is -0.487 e. The zero-order valence-electron chi connectivity index (χ0n) is 13.4. The minimum atomic E-state index is -3.57. The highest BCUT2D eigenvalue weighted by molar-refractivity contribution is 7.89. The van der Waals surface area contributed by atoms with Crippen LogP contribution in [0.25, 0.3) is 0 Å². The maximum Gasteiger partial charge on any atom is 0.262 e. The van der Waals surface area contributed by atoms with Crippen LogP contribution in [-0.2, 0) is 17.1 Å². The third-order valence-electron chi connectivity index (χ3n) is 3.99. The van der Waals surface area contributed by atoms with Crippen molar-refractivity contribution >= 4 is 10.0 Å². The number of aryl methyl sites for hydroxylation is 3. The molecule has 0 amide bonds. The number of sulfonamides is 1. The smallest absolute Gasteiger partial charge is 0.262 e. The van der Waals surface area contributed by atoms with Gasteiger partial charge in [-0.25, -0.2) is 13.4 Å². The fourth-order valence-corrected chi connectivity index (χ4v) is 4.02. The second-order valence-electron chi connectivity index (χ2n) is 5.76. The molecule has 7 nitrogen and oxygen atoms in total. The number of ether oxygens (including phenoxy) is 1. The summed E-state index contributed by atoms with van der Waals surface area (Å²) in [5.41, 5.74) is 0.915. The fourth-order valence-electron chi connectivity index (χ4n) is 2.51. The van der Waals surface area contributed by atoms with Gasteiger partial charge in [-0.2, -0.15) is 4.31 Å². The second-order valence-corrected chi connectivity index (χ2v) is 7.65. The number of nitrogens with zero attached hydrogens (tertiary/aromatic N) is 4. The molecule has 2 aromatic heterocycles. The van der Waals surface area contributed by atoms with Crippen molar-refractivity contribution in [3.05, 3.63) is 36.0 Å². The number of hydrogen-bond acceptors (Lipinski definition) is 5. The van der Waals surface area contributed by atoms with E-state index in [1.54, 1.807) is 30.9 Å². The van der Waals surface area contributed by atoms with Crippen LogP contribution >= 0.6 is 0 Å². The Morgan fingerprint density at radius 1 is 1.30 bits per heavy atom. The van der Waals surface area contributed by atoms with E-state index in [2.05, 4.69) is 9.97 Å². The van der Waals surface area contributed by atoms with Gasteiger partial charge in [0.05, 0.1) is 12.7 Å². The molecule has 0 N–H and O–H groups in total. The van der Waals surface area contributed by atoms with Gasteiger partial charge in [-0.05, 0) is 32.4 Å². The molecule has 0 aromatic carbocycles. The third-order valence-corrected chi connectivity index (χ3v) is 5.72. The lowest BCUT2D eigenvalue weighted by Gasteiger charge is -2.16. The Morgan fingerprint density at radius 2 is 2.09 bits per heavy atom. The van der Waals surface area contributed by atoms with Crippen molar-refractivity contribution in [3.63, 3.8) is 0 Å². The van der Waals surface area contributed by atoms with E-state index in [-0.39, 0.29) is 11.1 Å². The molecule has 1 aliphatic rings. The standard InChI is InChI=1S/C15H20N4O3S/c1-11-4-5-13(8-16-11)22-14-6-7-19(9-14)23(20,21)15-10-18(3)12(2)17-15/h4-5,8,10,14H,6-7,9H2,1-3H3/t14-/m0/s1. The van der Waals surface area contributed by atoms with Gasteiger partial charge >= 0.3 is 0 Å². The zero-order valence-corrected chi connectivity index (χ0v) is 14.2. The molecule has 3 rings (SSSR count). The van der Waals surface area contributed by atoms with E-state index < -0.39 is 10.0 Å². The van der Waals surface area contributed by atoms with Crippen molar-refractivity contribution in [1.82, 2.24) is 18.8 Å². The van der Waals surface area contributed by atoms with Crippen LogP contribution in [0.15, 0.2) is 29.6 Å². The van der Waals surface area contributed by atoms with E-state index in [9.17, 15) is 8.42 Å². The van der Waals surface area contributed by atoms with Crippen LogP contribution < -0.4 is 4.74 Å². The molecule has 0 saturated carbocycles. The largest absolute Gasteiger partial charge is 0.487 e. The van der Waals surface area contributed by atoms with Gasteiger partial charge in [-0.3, -0.25) is 4.98 Å². The fraction of sp³-hybridized carbons (Fsp3) is 0.467. The molecule has 0 unspecified atom stereocenters. The summed E-state index contributed by atoms with van der Waals surface area (Å²) in [7, 11) is -1.79. The summed E-state index contributed by atoms with van der Waals surface area (Å²) < 4.78 is 34.2. The minimum absolute atomic E-state index is 0.0927. The maximum atomic E-state index is 12.6. The highest BCUT2D eigenvalue weighted by atomic mass is 32.2. The zero-order chi connectivity index (χ0) is 16.6. The number of hydrogen-bond donors (Lipinski definition) is 0. The lowest BCUT2D eigenvalue weighted by Crippen LogP contribution is -2.31. The van der Waals surface area contributed by atoms with Crippen molar-refractivity contribution in [1.29, 1.82) is 0 Å². The van der Waals surface area contributed by atoms with E-state index >= 15 is 0 Å². The quantitative estimate of drug-likeness (QED) is 0.840. The highest BCUT2D eigenvalue weighted by Gasteiger charge is 2.35. The summed E-state index contributed by atoms with van der Waals surface area (Å²) in [6, 6.07) is 3.72. The van der Waals surface area contributed by atoms with E-state index in [1.165, 1.54) is 4.31 Å². The second kappa shape index (κ2) is 5.93. The summed E-state index contributed by atoms with van der Waals surface area (Å²) in [5, 5.41) is 0.0927. The van der Waals surface area contributed by atoms with Gasteiger partial charge in [0.25, 0.3) is 10.0 Å². The molecule has 1 aliphatic heterocycles. The van der Waals surface area contributed by atoms with Gasteiger partial charge in [0, 0.05) is 25.5 Å². The van der Waals surface area contributed by atoms with Crippen molar-refractivity contribution in [2.24, 2.45) is 7.05 Å². The summed E-state index contributed by atoms with van der Waals surface area (Å²) in [6.07, 6.45) is 3.69. The maximum absolute atomic E-state index is 12.6. The Hall–Kier alpha value is -1.93. The van der Waals surface area contributed by atoms with Crippen molar-refractivity contribution in [2.45, 2.75) is 31.4 Å². The van der Waals surface area contributed by atoms with Crippen LogP contribution in [0, 0.1) is 13.8 Å². The van der Waals surface area contributed by atoms with Gasteiger partial charge in [0.1, 0.15) is 17.7 Å². The molecule has 3 heterocycles.